The zero-order chi connectivity index (χ0) is 17.3. The van der Waals surface area contributed by atoms with Crippen LogP contribution in [-0.2, 0) is 15.9 Å². The Balaban J connectivity index is 2.31. The average Bonchev–Trinajstić information content (AvgIpc) is 2.49. The highest BCUT2D eigenvalue weighted by Gasteiger charge is 2.26. The molecule has 1 unspecified atom stereocenters. The molecular weight excluding hydrogens is 405 g/mol. The molecule has 1 amide bonds. The van der Waals surface area contributed by atoms with Crippen molar-refractivity contribution in [2.75, 3.05) is 17.6 Å². The third kappa shape index (κ3) is 9.15. The number of alkyl halides is 1. The predicted molar refractivity (Wildman–Crippen MR) is 102 cm³/mol. The lowest BCUT2D eigenvalue weighted by Crippen LogP contribution is -2.45. The van der Waals surface area contributed by atoms with Crippen molar-refractivity contribution in [2.24, 2.45) is 0 Å². The van der Waals surface area contributed by atoms with Gasteiger partial charge in [-0.05, 0) is 46.1 Å². The molecule has 0 spiro atoms. The van der Waals surface area contributed by atoms with E-state index in [-0.39, 0.29) is 5.60 Å². The van der Waals surface area contributed by atoms with Crippen LogP contribution in [0.4, 0.5) is 4.79 Å². The molecular formula is C18H28INO3. The zero-order valence-electron chi connectivity index (χ0n) is 14.5. The second-order valence-electron chi connectivity index (χ2n) is 6.88. The van der Waals surface area contributed by atoms with E-state index in [1.807, 2.05) is 33.8 Å². The Morgan fingerprint density at radius 3 is 2.39 bits per heavy atom. The van der Waals surface area contributed by atoms with Crippen LogP contribution in [0.1, 0.15) is 39.7 Å². The van der Waals surface area contributed by atoms with Gasteiger partial charge in [0.05, 0.1) is 12.1 Å². The molecule has 5 heteroatoms. The van der Waals surface area contributed by atoms with Crippen LogP contribution in [0.3, 0.4) is 0 Å². The fourth-order valence-electron chi connectivity index (χ4n) is 1.95. The number of hydrogen-bond acceptors (Lipinski definition) is 3. The summed E-state index contributed by atoms with van der Waals surface area (Å²) in [6.45, 7) is 8.68. The second kappa shape index (κ2) is 9.47. The molecule has 1 atom stereocenters. The van der Waals surface area contributed by atoms with Crippen LogP contribution >= 0.6 is 22.6 Å². The quantitative estimate of drug-likeness (QED) is 0.377. The minimum Gasteiger partial charge on any atom is -0.444 e. The summed E-state index contributed by atoms with van der Waals surface area (Å²) < 4.78 is 12.1. The normalized spacial score (nSPS) is 14.1. The monoisotopic (exact) mass is 433 g/mol. The molecule has 0 fully saturated rings. The number of rotatable bonds is 8. The summed E-state index contributed by atoms with van der Waals surface area (Å²) in [6.07, 6.45) is 1.56. The van der Waals surface area contributed by atoms with Crippen molar-refractivity contribution in [3.8, 4) is 0 Å². The molecule has 1 rings (SSSR count). The largest absolute Gasteiger partial charge is 0.444 e. The molecule has 1 aromatic carbocycles. The molecule has 1 N–H and O–H groups in total. The molecule has 4 nitrogen and oxygen atoms in total. The van der Waals surface area contributed by atoms with Gasteiger partial charge in [-0.25, -0.2) is 4.79 Å². The first-order chi connectivity index (χ1) is 10.7. The summed E-state index contributed by atoms with van der Waals surface area (Å²) in [6, 6.07) is 10.4. The molecule has 1 aromatic rings. The van der Waals surface area contributed by atoms with E-state index in [4.69, 9.17) is 9.47 Å². The summed E-state index contributed by atoms with van der Waals surface area (Å²) >= 11 is 2.29. The molecule has 0 radical (unpaired) electrons. The van der Waals surface area contributed by atoms with Crippen LogP contribution in [0.2, 0.25) is 0 Å². The summed E-state index contributed by atoms with van der Waals surface area (Å²) in [7, 11) is 0. The Kier molecular flexibility index (Phi) is 8.33. The smallest absolute Gasteiger partial charge is 0.407 e. The number of amides is 1. The van der Waals surface area contributed by atoms with Crippen LogP contribution in [-0.4, -0.2) is 34.9 Å². The first kappa shape index (κ1) is 20.2. The second-order valence-corrected chi connectivity index (χ2v) is 7.64. The maximum absolute atomic E-state index is 11.7. The predicted octanol–water partition coefficient (Wildman–Crippen LogP) is 4.35. The van der Waals surface area contributed by atoms with Crippen LogP contribution in [0.15, 0.2) is 30.3 Å². The minimum atomic E-state index is -0.485. The molecule has 23 heavy (non-hydrogen) atoms. The van der Waals surface area contributed by atoms with Gasteiger partial charge in [-0.1, -0.05) is 52.9 Å². The Morgan fingerprint density at radius 1 is 1.17 bits per heavy atom. The van der Waals surface area contributed by atoms with Gasteiger partial charge in [0.2, 0.25) is 0 Å². The third-order valence-corrected chi connectivity index (χ3v) is 4.80. The van der Waals surface area contributed by atoms with Crippen LogP contribution in [0, 0.1) is 0 Å². The highest BCUT2D eigenvalue weighted by Crippen LogP contribution is 2.15. The molecule has 0 aromatic heterocycles. The lowest BCUT2D eigenvalue weighted by atomic mass is 10.1. The topological polar surface area (TPSA) is 47.6 Å². The number of hydrogen-bond donors (Lipinski definition) is 1. The van der Waals surface area contributed by atoms with Crippen molar-refractivity contribution in [3.63, 3.8) is 0 Å². The van der Waals surface area contributed by atoms with Crippen LogP contribution in [0.25, 0.3) is 0 Å². The lowest BCUT2D eigenvalue weighted by Gasteiger charge is -2.29. The fourth-order valence-corrected chi connectivity index (χ4v) is 2.44. The first-order valence-corrected chi connectivity index (χ1v) is 9.47. The molecule has 0 saturated carbocycles. The Hall–Kier alpha value is -0.820. The number of carbonyl (C=O) groups is 1. The summed E-state index contributed by atoms with van der Waals surface area (Å²) in [5.41, 5.74) is 0.453. The Bertz CT molecular complexity index is 473. The van der Waals surface area contributed by atoms with E-state index in [2.05, 4.69) is 52.2 Å². The van der Waals surface area contributed by atoms with Crippen molar-refractivity contribution < 1.29 is 14.3 Å². The number of ether oxygens (including phenoxy) is 2. The van der Waals surface area contributed by atoms with Gasteiger partial charge in [-0.15, -0.1) is 0 Å². The van der Waals surface area contributed by atoms with Gasteiger partial charge in [0.1, 0.15) is 5.60 Å². The van der Waals surface area contributed by atoms with Crippen molar-refractivity contribution in [1.82, 2.24) is 5.32 Å². The van der Waals surface area contributed by atoms with Crippen molar-refractivity contribution in [2.45, 2.75) is 51.7 Å². The van der Waals surface area contributed by atoms with Crippen molar-refractivity contribution in [3.05, 3.63) is 35.9 Å². The van der Waals surface area contributed by atoms with Gasteiger partial charge < -0.3 is 14.8 Å². The maximum Gasteiger partial charge on any atom is 0.407 e. The van der Waals surface area contributed by atoms with Gasteiger partial charge in [0, 0.05) is 11.0 Å². The SMILES string of the molecule is CC(C)(C)OC(=O)NCC(C)(CI)OCCCc1ccccc1. The number of alkyl carbamates (subject to hydrolysis) is 1. The highest BCUT2D eigenvalue weighted by molar-refractivity contribution is 14.1. The van der Waals surface area contributed by atoms with Crippen LogP contribution < -0.4 is 5.32 Å². The summed E-state index contributed by atoms with van der Waals surface area (Å²) in [5, 5.41) is 2.80. The molecule has 0 bridgehead atoms. The van der Waals surface area contributed by atoms with Gasteiger partial charge in [0.15, 0.2) is 0 Å². The number of carbonyl (C=O) groups excluding carboxylic acids is 1. The Morgan fingerprint density at radius 2 is 1.83 bits per heavy atom. The molecule has 0 aliphatic carbocycles. The van der Waals surface area contributed by atoms with E-state index in [9.17, 15) is 4.79 Å². The lowest BCUT2D eigenvalue weighted by molar-refractivity contribution is -0.0147. The number of aryl methyl sites for hydroxylation is 1. The molecule has 0 saturated heterocycles. The molecule has 0 heterocycles. The molecule has 130 valence electrons. The highest BCUT2D eigenvalue weighted by atomic mass is 127. The van der Waals surface area contributed by atoms with Crippen molar-refractivity contribution in [1.29, 1.82) is 0 Å². The summed E-state index contributed by atoms with van der Waals surface area (Å²) in [5.74, 6) is 0. The molecule has 0 aliphatic heterocycles. The van der Waals surface area contributed by atoms with E-state index in [0.717, 1.165) is 17.3 Å². The van der Waals surface area contributed by atoms with Gasteiger partial charge in [-0.3, -0.25) is 0 Å². The Labute approximate surface area is 153 Å². The third-order valence-electron chi connectivity index (χ3n) is 3.19. The van der Waals surface area contributed by atoms with Gasteiger partial charge in [-0.2, -0.15) is 0 Å². The van der Waals surface area contributed by atoms with Crippen LogP contribution in [0.5, 0.6) is 0 Å². The average molecular weight is 433 g/mol. The van der Waals surface area contributed by atoms with E-state index < -0.39 is 11.7 Å². The van der Waals surface area contributed by atoms with E-state index >= 15 is 0 Å². The van der Waals surface area contributed by atoms with E-state index in [0.29, 0.717) is 13.2 Å². The standard InChI is InChI=1S/C18H28INO3/c1-17(2,3)23-16(21)20-14-18(4,13-19)22-12-8-11-15-9-6-5-7-10-15/h5-7,9-10H,8,11-14H2,1-4H3,(H,20,21). The molecule has 0 aliphatic rings. The summed E-state index contributed by atoms with van der Waals surface area (Å²) in [4.78, 5) is 11.7. The van der Waals surface area contributed by atoms with E-state index in [1.54, 1.807) is 0 Å². The number of nitrogens with one attached hydrogen (secondary N) is 1. The van der Waals surface area contributed by atoms with Crippen molar-refractivity contribution >= 4 is 28.7 Å². The van der Waals surface area contributed by atoms with E-state index in [1.165, 1.54) is 5.56 Å². The first-order valence-electron chi connectivity index (χ1n) is 7.95. The fraction of sp³-hybridized carbons (Fsp3) is 0.611. The number of halogens is 1. The van der Waals surface area contributed by atoms with Gasteiger partial charge >= 0.3 is 6.09 Å². The number of benzene rings is 1. The van der Waals surface area contributed by atoms with Gasteiger partial charge in [0.25, 0.3) is 0 Å². The maximum atomic E-state index is 11.7. The zero-order valence-corrected chi connectivity index (χ0v) is 16.7. The minimum absolute atomic E-state index is 0.381.